The number of hydrogen-bond donors (Lipinski definition) is 2. The van der Waals surface area contributed by atoms with Crippen molar-refractivity contribution >= 4 is 39.9 Å². The van der Waals surface area contributed by atoms with E-state index in [2.05, 4.69) is 9.88 Å². The largest absolute Gasteiger partial charge is 0.494 e. The highest BCUT2D eigenvalue weighted by molar-refractivity contribution is 6.01. The number of nitrogens with two attached hydrogens (primary N) is 1. The molecule has 2 amide bonds. The number of nitrogens with one attached hydrogen (secondary N) is 1. The number of aryl methyl sites for hydroxylation is 1. The number of fused-ring (bicyclic) bond motifs is 1. The predicted molar refractivity (Wildman–Crippen MR) is 161 cm³/mol. The average Bonchev–Trinajstić information content (AvgIpc) is 3.30. The maximum Gasteiger partial charge on any atom is 0.326 e. The summed E-state index contributed by atoms with van der Waals surface area (Å²) < 4.78 is 7.11. The fraction of sp³-hybridized carbons (Fsp3) is 0.300. The molecule has 220 valence electrons. The molecule has 3 aromatic carbocycles. The number of nitro groups is 1. The van der Waals surface area contributed by atoms with Gasteiger partial charge in [-0.1, -0.05) is 18.2 Å². The molecule has 1 aromatic heterocycles. The van der Waals surface area contributed by atoms with Crippen LogP contribution in [0.25, 0.3) is 11.0 Å². The van der Waals surface area contributed by atoms with Gasteiger partial charge in [0.2, 0.25) is 11.8 Å². The lowest BCUT2D eigenvalue weighted by Crippen LogP contribution is -2.39. The molecule has 0 bridgehead atoms. The average molecular weight is 575 g/mol. The molecule has 1 heterocycles. The number of ether oxygens (including phenoxy) is 1. The third kappa shape index (κ3) is 6.77. The summed E-state index contributed by atoms with van der Waals surface area (Å²) in [7, 11) is 0. The highest BCUT2D eigenvalue weighted by Gasteiger charge is 2.27. The van der Waals surface area contributed by atoms with Gasteiger partial charge in [-0.05, 0) is 62.7 Å². The number of para-hydroxylation sites is 1. The molecule has 0 aliphatic rings. The predicted octanol–water partition coefficient (Wildman–Crippen LogP) is 3.61. The fourth-order valence-electron chi connectivity index (χ4n) is 4.97. The maximum atomic E-state index is 13.7. The number of anilines is 2. The Kier molecular flexibility index (Phi) is 9.58. The van der Waals surface area contributed by atoms with Gasteiger partial charge < -0.3 is 25.3 Å². The molecule has 12 heteroatoms. The van der Waals surface area contributed by atoms with Crippen LogP contribution in [0.3, 0.4) is 0 Å². The normalized spacial score (nSPS) is 10.9. The lowest BCUT2D eigenvalue weighted by Gasteiger charge is -2.24. The molecule has 4 rings (SSSR count). The van der Waals surface area contributed by atoms with E-state index in [4.69, 9.17) is 10.5 Å². The minimum atomic E-state index is -0.735. The first-order valence-electron chi connectivity index (χ1n) is 13.7. The molecule has 0 radical (unpaired) electrons. The Hall–Kier alpha value is -5.13. The van der Waals surface area contributed by atoms with Crippen LogP contribution in [-0.2, 0) is 22.6 Å². The zero-order valence-corrected chi connectivity index (χ0v) is 23.6. The third-order valence-corrected chi connectivity index (χ3v) is 6.98. The van der Waals surface area contributed by atoms with Gasteiger partial charge in [-0.2, -0.15) is 0 Å². The molecule has 0 fully saturated rings. The van der Waals surface area contributed by atoms with E-state index in [9.17, 15) is 24.5 Å². The van der Waals surface area contributed by atoms with Crippen LogP contribution in [0.2, 0.25) is 0 Å². The van der Waals surface area contributed by atoms with Gasteiger partial charge in [-0.3, -0.25) is 24.3 Å². The van der Waals surface area contributed by atoms with Gasteiger partial charge in [0.05, 0.1) is 34.5 Å². The van der Waals surface area contributed by atoms with Gasteiger partial charge in [0.15, 0.2) is 0 Å². The first-order chi connectivity index (χ1) is 20.2. The van der Waals surface area contributed by atoms with Crippen molar-refractivity contribution in [3.63, 3.8) is 0 Å². The summed E-state index contributed by atoms with van der Waals surface area (Å²) in [5, 5.41) is 12.0. The van der Waals surface area contributed by atoms with Gasteiger partial charge in [-0.15, -0.1) is 0 Å². The molecular weight excluding hydrogens is 540 g/mol. The molecule has 0 aliphatic heterocycles. The number of carbonyl (C=O) groups is 2. The Balaban J connectivity index is 1.66. The summed E-state index contributed by atoms with van der Waals surface area (Å²) >= 11 is 0. The molecule has 42 heavy (non-hydrogen) atoms. The van der Waals surface area contributed by atoms with Crippen molar-refractivity contribution in [3.8, 4) is 5.75 Å². The van der Waals surface area contributed by atoms with E-state index in [-0.39, 0.29) is 23.3 Å². The first-order valence-corrected chi connectivity index (χ1v) is 13.7. The lowest BCUT2D eigenvalue weighted by molar-refractivity contribution is -0.385. The molecule has 0 aliphatic carbocycles. The molecule has 4 aromatic rings. The highest BCUT2D eigenvalue weighted by Crippen LogP contribution is 2.29. The quantitative estimate of drug-likeness (QED) is 0.132. The third-order valence-electron chi connectivity index (χ3n) is 6.98. The summed E-state index contributed by atoms with van der Waals surface area (Å²) in [6.45, 7) is 5.75. The van der Waals surface area contributed by atoms with Crippen LogP contribution in [0, 0.1) is 10.1 Å². The number of nitro benzene ring substituents is 1. The number of hydrogen-bond acceptors (Lipinski definition) is 7. The lowest BCUT2D eigenvalue weighted by atomic mass is 10.1. The monoisotopic (exact) mass is 574 g/mol. The summed E-state index contributed by atoms with van der Waals surface area (Å²) in [6.07, 6.45) is 0.00105. The van der Waals surface area contributed by atoms with Gasteiger partial charge >= 0.3 is 5.69 Å². The van der Waals surface area contributed by atoms with Gasteiger partial charge in [0.25, 0.3) is 5.69 Å². The number of H-pyrrole nitrogens is 1. The number of primary amides is 1. The van der Waals surface area contributed by atoms with E-state index in [1.807, 2.05) is 56.3 Å². The van der Waals surface area contributed by atoms with Crippen molar-refractivity contribution in [2.75, 3.05) is 36.0 Å². The van der Waals surface area contributed by atoms with Crippen LogP contribution in [0.1, 0.15) is 25.8 Å². The van der Waals surface area contributed by atoms with Crippen LogP contribution in [0.15, 0.2) is 71.5 Å². The Labute approximate surface area is 242 Å². The van der Waals surface area contributed by atoms with Crippen molar-refractivity contribution in [2.45, 2.75) is 33.2 Å². The van der Waals surface area contributed by atoms with Crippen LogP contribution < -0.4 is 26.0 Å². The molecule has 0 atom stereocenters. The minimum Gasteiger partial charge on any atom is -0.494 e. The van der Waals surface area contributed by atoms with E-state index >= 15 is 0 Å². The SMILES string of the molecule is CCN(CC)c1ccc(N(CC(N)=O)C(=O)Cc2c([N+](=O)[O-])ccc3[nH]c(=O)n(CCCOc4ccccc4)c23)cc1. The molecular formula is C30H34N6O6. The van der Waals surface area contributed by atoms with Crippen molar-refractivity contribution in [3.05, 3.63) is 92.9 Å². The number of imidazole rings is 1. The first kappa shape index (κ1) is 29.8. The molecule has 0 unspecified atom stereocenters. The number of aromatic nitrogens is 2. The Morgan fingerprint density at radius 2 is 1.67 bits per heavy atom. The second-order valence-corrected chi connectivity index (χ2v) is 9.63. The van der Waals surface area contributed by atoms with E-state index in [0.29, 0.717) is 30.0 Å². The maximum absolute atomic E-state index is 13.7. The zero-order chi connectivity index (χ0) is 30.2. The summed E-state index contributed by atoms with van der Waals surface area (Å²) in [4.78, 5) is 56.1. The number of amides is 2. The minimum absolute atomic E-state index is 0.0686. The molecule has 3 N–H and O–H groups in total. The number of benzene rings is 3. The van der Waals surface area contributed by atoms with Crippen LogP contribution >= 0.6 is 0 Å². The molecule has 0 spiro atoms. The number of carbonyl (C=O) groups excluding carboxylic acids is 2. The number of aromatic amines is 1. The van der Waals surface area contributed by atoms with E-state index in [1.54, 1.807) is 12.1 Å². The molecule has 0 saturated carbocycles. The van der Waals surface area contributed by atoms with Crippen molar-refractivity contribution in [1.82, 2.24) is 9.55 Å². The smallest absolute Gasteiger partial charge is 0.326 e. The van der Waals surface area contributed by atoms with Gasteiger partial charge in [0.1, 0.15) is 12.3 Å². The zero-order valence-electron chi connectivity index (χ0n) is 23.6. The topological polar surface area (TPSA) is 157 Å². The van der Waals surface area contributed by atoms with E-state index in [0.717, 1.165) is 18.8 Å². The molecule has 12 nitrogen and oxygen atoms in total. The number of nitrogens with zero attached hydrogens (tertiary/aromatic N) is 4. The molecule has 0 saturated heterocycles. The second kappa shape index (κ2) is 13.5. The highest BCUT2D eigenvalue weighted by atomic mass is 16.6. The Morgan fingerprint density at radius 1 is 1.00 bits per heavy atom. The Morgan fingerprint density at radius 3 is 2.29 bits per heavy atom. The van der Waals surface area contributed by atoms with Gasteiger partial charge in [-0.25, -0.2) is 4.79 Å². The Bertz CT molecular complexity index is 1610. The standard InChI is InChI=1S/C30H34N6O6/c1-3-33(4-2)21-11-13-22(14-12-21)35(20-27(31)37)28(38)19-24-26(36(40)41)16-15-25-29(24)34(30(39)32-25)17-8-18-42-23-9-6-5-7-10-23/h5-7,9-16H,3-4,8,17-20H2,1-2H3,(H2,31,37)(H,32,39). The summed E-state index contributed by atoms with van der Waals surface area (Å²) in [5.41, 5.74) is 6.78. The van der Waals surface area contributed by atoms with Crippen LogP contribution in [0.4, 0.5) is 17.1 Å². The van der Waals surface area contributed by atoms with Crippen molar-refractivity contribution < 1.29 is 19.2 Å². The fourth-order valence-corrected chi connectivity index (χ4v) is 4.97. The van der Waals surface area contributed by atoms with E-state index in [1.165, 1.54) is 21.6 Å². The van der Waals surface area contributed by atoms with Crippen molar-refractivity contribution in [1.29, 1.82) is 0 Å². The summed E-state index contributed by atoms with van der Waals surface area (Å²) in [6, 6.07) is 19.0. The van der Waals surface area contributed by atoms with Crippen molar-refractivity contribution in [2.24, 2.45) is 5.73 Å². The summed E-state index contributed by atoms with van der Waals surface area (Å²) in [5.74, 6) is -0.626. The van der Waals surface area contributed by atoms with Gasteiger partial charge in [0, 0.05) is 37.1 Å². The van der Waals surface area contributed by atoms with E-state index < -0.39 is 35.4 Å². The number of rotatable bonds is 14. The van der Waals surface area contributed by atoms with Crippen LogP contribution in [-0.4, -0.2) is 52.5 Å². The van der Waals surface area contributed by atoms with Crippen LogP contribution in [0.5, 0.6) is 5.75 Å². The second-order valence-electron chi connectivity index (χ2n) is 9.63.